The highest BCUT2D eigenvalue weighted by molar-refractivity contribution is 6.37. The van der Waals surface area contributed by atoms with Crippen LogP contribution < -0.4 is 5.32 Å². The molecule has 0 unspecified atom stereocenters. The van der Waals surface area contributed by atoms with E-state index in [-0.39, 0.29) is 28.5 Å². The standard InChI is InChI=1S/C15H13Cl2N5O2/c1-8(2)22-6-5-12(21-22)14-19-20-15(24-14)18-13(23)10-4-3-9(16)7-11(10)17/h3-8H,1-2H3,(H,18,20,23). The van der Waals surface area contributed by atoms with Crippen LogP contribution in [0.5, 0.6) is 0 Å². The number of aromatic nitrogens is 4. The first-order chi connectivity index (χ1) is 11.4. The fourth-order valence-electron chi connectivity index (χ4n) is 1.96. The number of carbonyl (C=O) groups excluding carboxylic acids is 1. The second-order valence-corrected chi connectivity index (χ2v) is 6.11. The van der Waals surface area contributed by atoms with Crippen molar-refractivity contribution in [3.05, 3.63) is 46.1 Å². The van der Waals surface area contributed by atoms with E-state index < -0.39 is 5.91 Å². The summed E-state index contributed by atoms with van der Waals surface area (Å²) in [5.74, 6) is -0.258. The molecule has 0 radical (unpaired) electrons. The maximum atomic E-state index is 12.2. The van der Waals surface area contributed by atoms with Crippen LogP contribution in [0.15, 0.2) is 34.9 Å². The molecule has 3 rings (SSSR count). The van der Waals surface area contributed by atoms with E-state index in [1.165, 1.54) is 12.1 Å². The third-order valence-electron chi connectivity index (χ3n) is 3.18. The highest BCUT2D eigenvalue weighted by Crippen LogP contribution is 2.23. The van der Waals surface area contributed by atoms with Gasteiger partial charge in [-0.2, -0.15) is 5.10 Å². The van der Waals surface area contributed by atoms with Crippen LogP contribution in [0.1, 0.15) is 30.2 Å². The predicted octanol–water partition coefficient (Wildman–Crippen LogP) is 4.07. The SMILES string of the molecule is CC(C)n1ccc(-c2nnc(NC(=O)c3ccc(Cl)cc3Cl)o2)n1. The average Bonchev–Trinajstić information content (AvgIpc) is 3.15. The molecule has 3 aromatic rings. The van der Waals surface area contributed by atoms with Crippen molar-refractivity contribution >= 4 is 35.1 Å². The first-order valence-corrected chi connectivity index (χ1v) is 7.85. The summed E-state index contributed by atoms with van der Waals surface area (Å²) in [5.41, 5.74) is 0.783. The minimum Gasteiger partial charge on any atom is -0.401 e. The summed E-state index contributed by atoms with van der Waals surface area (Å²) in [6.45, 7) is 4.01. The van der Waals surface area contributed by atoms with Crippen LogP contribution in [0.4, 0.5) is 6.01 Å². The quantitative estimate of drug-likeness (QED) is 0.752. The summed E-state index contributed by atoms with van der Waals surface area (Å²) in [6, 6.07) is 6.50. The number of halogens is 2. The molecule has 2 aromatic heterocycles. The topological polar surface area (TPSA) is 85.8 Å². The minimum atomic E-state index is -0.473. The Kier molecular flexibility index (Phi) is 4.55. The van der Waals surface area contributed by atoms with Crippen molar-refractivity contribution < 1.29 is 9.21 Å². The Morgan fingerprint density at radius 2 is 2.04 bits per heavy atom. The van der Waals surface area contributed by atoms with E-state index in [1.54, 1.807) is 16.8 Å². The molecular formula is C15H13Cl2N5O2. The number of benzene rings is 1. The highest BCUT2D eigenvalue weighted by atomic mass is 35.5. The van der Waals surface area contributed by atoms with Gasteiger partial charge in [0.05, 0.1) is 10.6 Å². The smallest absolute Gasteiger partial charge is 0.322 e. The van der Waals surface area contributed by atoms with Gasteiger partial charge in [0.25, 0.3) is 11.8 Å². The van der Waals surface area contributed by atoms with Gasteiger partial charge in [-0.3, -0.25) is 14.8 Å². The Hall–Kier alpha value is -2.38. The summed E-state index contributed by atoms with van der Waals surface area (Å²) in [5, 5.41) is 15.2. The van der Waals surface area contributed by atoms with Crippen molar-refractivity contribution in [2.45, 2.75) is 19.9 Å². The number of anilines is 1. The van der Waals surface area contributed by atoms with E-state index in [2.05, 4.69) is 20.6 Å². The third-order valence-corrected chi connectivity index (χ3v) is 3.73. The van der Waals surface area contributed by atoms with Crippen LogP contribution in [0, 0.1) is 0 Å². The average molecular weight is 366 g/mol. The molecule has 9 heteroatoms. The number of rotatable bonds is 4. The molecule has 0 aliphatic heterocycles. The van der Waals surface area contributed by atoms with Crippen molar-refractivity contribution in [1.29, 1.82) is 0 Å². The molecule has 0 aliphatic rings. The number of hydrogen-bond donors (Lipinski definition) is 1. The van der Waals surface area contributed by atoms with Gasteiger partial charge in [-0.25, -0.2) is 0 Å². The van der Waals surface area contributed by atoms with Crippen LogP contribution in [-0.2, 0) is 0 Å². The van der Waals surface area contributed by atoms with E-state index in [0.717, 1.165) is 0 Å². The van der Waals surface area contributed by atoms with Gasteiger partial charge in [0.15, 0.2) is 0 Å². The summed E-state index contributed by atoms with van der Waals surface area (Å²) in [7, 11) is 0. The fraction of sp³-hybridized carbons (Fsp3) is 0.200. The Balaban J connectivity index is 1.77. The number of amides is 1. The van der Waals surface area contributed by atoms with Gasteiger partial charge in [-0.05, 0) is 38.1 Å². The molecule has 24 heavy (non-hydrogen) atoms. The van der Waals surface area contributed by atoms with Crippen molar-refractivity contribution in [2.24, 2.45) is 0 Å². The predicted molar refractivity (Wildman–Crippen MR) is 90.3 cm³/mol. The van der Waals surface area contributed by atoms with Crippen molar-refractivity contribution in [2.75, 3.05) is 5.32 Å². The van der Waals surface area contributed by atoms with Gasteiger partial charge >= 0.3 is 6.01 Å². The van der Waals surface area contributed by atoms with Crippen LogP contribution in [-0.4, -0.2) is 25.9 Å². The normalized spacial score (nSPS) is 11.0. The lowest BCUT2D eigenvalue weighted by Crippen LogP contribution is -2.12. The van der Waals surface area contributed by atoms with E-state index in [4.69, 9.17) is 27.6 Å². The molecule has 0 atom stereocenters. The van der Waals surface area contributed by atoms with E-state index >= 15 is 0 Å². The Morgan fingerprint density at radius 3 is 2.71 bits per heavy atom. The van der Waals surface area contributed by atoms with E-state index in [9.17, 15) is 4.79 Å². The molecule has 0 aliphatic carbocycles. The molecule has 0 spiro atoms. The molecule has 0 bridgehead atoms. The van der Waals surface area contributed by atoms with Gasteiger partial charge in [0.2, 0.25) is 0 Å². The maximum Gasteiger partial charge on any atom is 0.322 e. The van der Waals surface area contributed by atoms with E-state index in [1.807, 2.05) is 20.0 Å². The third kappa shape index (κ3) is 3.42. The molecule has 0 saturated carbocycles. The van der Waals surface area contributed by atoms with Crippen LogP contribution in [0.2, 0.25) is 10.0 Å². The Bertz CT molecular complexity index is 888. The zero-order valence-electron chi connectivity index (χ0n) is 12.8. The number of nitrogens with zero attached hydrogens (tertiary/aromatic N) is 4. The molecule has 1 aromatic carbocycles. The Morgan fingerprint density at radius 1 is 1.25 bits per heavy atom. The number of hydrogen-bond acceptors (Lipinski definition) is 5. The highest BCUT2D eigenvalue weighted by Gasteiger charge is 2.16. The molecular weight excluding hydrogens is 353 g/mol. The van der Waals surface area contributed by atoms with Crippen molar-refractivity contribution in [1.82, 2.24) is 20.0 Å². The molecule has 7 nitrogen and oxygen atoms in total. The van der Waals surface area contributed by atoms with Gasteiger partial charge in [-0.15, -0.1) is 5.10 Å². The maximum absolute atomic E-state index is 12.2. The summed E-state index contributed by atoms with van der Waals surface area (Å²) in [6.07, 6.45) is 1.82. The molecule has 1 amide bonds. The molecule has 0 saturated heterocycles. The zero-order valence-corrected chi connectivity index (χ0v) is 14.3. The number of carbonyl (C=O) groups is 1. The lowest BCUT2D eigenvalue weighted by molar-refractivity contribution is 0.102. The van der Waals surface area contributed by atoms with Gasteiger partial charge in [0.1, 0.15) is 5.69 Å². The van der Waals surface area contributed by atoms with Crippen molar-refractivity contribution in [3.8, 4) is 11.6 Å². The molecule has 0 fully saturated rings. The fourth-order valence-corrected chi connectivity index (χ4v) is 2.45. The first kappa shape index (κ1) is 16.5. The van der Waals surface area contributed by atoms with Crippen LogP contribution in [0.3, 0.4) is 0 Å². The van der Waals surface area contributed by atoms with Gasteiger partial charge < -0.3 is 4.42 Å². The minimum absolute atomic E-state index is 0.0416. The van der Waals surface area contributed by atoms with Crippen LogP contribution in [0.25, 0.3) is 11.6 Å². The Labute approximate surface area is 147 Å². The second-order valence-electron chi connectivity index (χ2n) is 5.27. The zero-order chi connectivity index (χ0) is 17.3. The van der Waals surface area contributed by atoms with Gasteiger partial charge in [0, 0.05) is 17.3 Å². The molecule has 1 N–H and O–H groups in total. The largest absolute Gasteiger partial charge is 0.401 e. The summed E-state index contributed by atoms with van der Waals surface area (Å²) >= 11 is 11.8. The molecule has 124 valence electrons. The molecule has 2 heterocycles. The monoisotopic (exact) mass is 365 g/mol. The summed E-state index contributed by atoms with van der Waals surface area (Å²) in [4.78, 5) is 12.2. The lowest BCUT2D eigenvalue weighted by Gasteiger charge is -2.03. The van der Waals surface area contributed by atoms with Crippen LogP contribution >= 0.6 is 23.2 Å². The first-order valence-electron chi connectivity index (χ1n) is 7.09. The lowest BCUT2D eigenvalue weighted by atomic mass is 10.2. The second kappa shape index (κ2) is 6.62. The van der Waals surface area contributed by atoms with E-state index in [0.29, 0.717) is 10.7 Å². The van der Waals surface area contributed by atoms with Gasteiger partial charge in [-0.1, -0.05) is 28.3 Å². The summed E-state index contributed by atoms with van der Waals surface area (Å²) < 4.78 is 7.19. The van der Waals surface area contributed by atoms with Crippen molar-refractivity contribution in [3.63, 3.8) is 0 Å². The number of nitrogens with one attached hydrogen (secondary N) is 1.